The van der Waals surface area contributed by atoms with Crippen LogP contribution in [-0.2, 0) is 16.4 Å². The molecule has 0 bridgehead atoms. The minimum Gasteiger partial charge on any atom is -0.487 e. The van der Waals surface area contributed by atoms with Gasteiger partial charge in [-0.25, -0.2) is 8.42 Å². The zero-order chi connectivity index (χ0) is 14.6. The number of hydrogen-bond acceptors (Lipinski definition) is 7. The van der Waals surface area contributed by atoms with Crippen molar-refractivity contribution in [3.8, 4) is 5.75 Å². The average Bonchev–Trinajstić information content (AvgIpc) is 2.84. The first kappa shape index (κ1) is 14.7. The van der Waals surface area contributed by atoms with E-state index < -0.39 is 9.84 Å². The van der Waals surface area contributed by atoms with Gasteiger partial charge in [-0.3, -0.25) is 0 Å². The van der Waals surface area contributed by atoms with Crippen LogP contribution in [0.3, 0.4) is 0 Å². The van der Waals surface area contributed by atoms with E-state index in [0.717, 1.165) is 11.5 Å². The molecule has 6 nitrogen and oxygen atoms in total. The summed E-state index contributed by atoms with van der Waals surface area (Å²) in [6, 6.07) is 6.40. The first-order chi connectivity index (χ1) is 9.50. The molecular weight excluding hydrogens is 298 g/mol. The predicted octanol–water partition coefficient (Wildman–Crippen LogP) is 1.95. The van der Waals surface area contributed by atoms with E-state index in [4.69, 9.17) is 4.74 Å². The second-order valence-electron chi connectivity index (χ2n) is 4.11. The lowest BCUT2D eigenvalue weighted by molar-refractivity contribution is 0.301. The van der Waals surface area contributed by atoms with Gasteiger partial charge in [-0.2, -0.15) is 0 Å². The largest absolute Gasteiger partial charge is 0.487 e. The number of hydrogen-bond donors (Lipinski definition) is 1. The fourth-order valence-electron chi connectivity index (χ4n) is 1.54. The van der Waals surface area contributed by atoms with Crippen LogP contribution in [0.1, 0.15) is 12.6 Å². The van der Waals surface area contributed by atoms with E-state index in [9.17, 15) is 8.42 Å². The lowest BCUT2D eigenvalue weighted by atomic mass is 10.3. The Balaban J connectivity index is 2.09. The maximum absolute atomic E-state index is 11.5. The predicted molar refractivity (Wildman–Crippen MR) is 78.0 cm³/mol. The molecule has 0 amide bonds. The maximum Gasteiger partial charge on any atom is 0.175 e. The van der Waals surface area contributed by atoms with Crippen molar-refractivity contribution in [2.24, 2.45) is 0 Å². The fourth-order valence-corrected chi connectivity index (χ4v) is 2.84. The summed E-state index contributed by atoms with van der Waals surface area (Å²) >= 11 is 1.27. The topological polar surface area (TPSA) is 81.2 Å². The van der Waals surface area contributed by atoms with Crippen molar-refractivity contribution in [3.63, 3.8) is 0 Å². The minimum absolute atomic E-state index is 0.235. The highest BCUT2D eigenvalue weighted by molar-refractivity contribution is 7.90. The Morgan fingerprint density at radius 2 is 2.20 bits per heavy atom. The fraction of sp³-hybridized carbons (Fsp3) is 0.333. The van der Waals surface area contributed by atoms with Crippen molar-refractivity contribution < 1.29 is 13.2 Å². The molecule has 2 rings (SSSR count). The summed E-state index contributed by atoms with van der Waals surface area (Å²) in [5.74, 6) is 0.489. The lowest BCUT2D eigenvalue weighted by Gasteiger charge is -2.07. The molecule has 0 aliphatic rings. The molecule has 0 unspecified atom stereocenters. The summed E-state index contributed by atoms with van der Waals surface area (Å²) in [7, 11) is -3.23. The molecule has 0 aliphatic carbocycles. The number of rotatable bonds is 6. The normalized spacial score (nSPS) is 11.3. The SMILES string of the molecule is CCNc1snnc1COc1cccc(S(C)(=O)=O)c1. The number of benzene rings is 1. The van der Waals surface area contributed by atoms with Gasteiger partial charge in [0.2, 0.25) is 0 Å². The van der Waals surface area contributed by atoms with Gasteiger partial charge in [0.1, 0.15) is 23.1 Å². The Labute approximate surface area is 121 Å². The quantitative estimate of drug-likeness (QED) is 0.878. The van der Waals surface area contributed by atoms with Crippen LogP contribution in [-0.4, -0.2) is 30.8 Å². The molecule has 8 heteroatoms. The van der Waals surface area contributed by atoms with Crippen LogP contribution >= 0.6 is 11.5 Å². The van der Waals surface area contributed by atoms with E-state index >= 15 is 0 Å². The van der Waals surface area contributed by atoms with E-state index in [1.807, 2.05) is 6.92 Å². The van der Waals surface area contributed by atoms with Crippen molar-refractivity contribution in [1.29, 1.82) is 0 Å². The van der Waals surface area contributed by atoms with Crippen molar-refractivity contribution in [2.75, 3.05) is 18.1 Å². The van der Waals surface area contributed by atoms with Gasteiger partial charge in [0.25, 0.3) is 0 Å². The number of nitrogens with one attached hydrogen (secondary N) is 1. The first-order valence-electron chi connectivity index (χ1n) is 5.98. The summed E-state index contributed by atoms with van der Waals surface area (Å²) in [4.78, 5) is 0.235. The Kier molecular flexibility index (Phi) is 4.56. The second kappa shape index (κ2) is 6.19. The number of sulfone groups is 1. The van der Waals surface area contributed by atoms with E-state index in [1.54, 1.807) is 12.1 Å². The average molecular weight is 313 g/mol. The number of ether oxygens (including phenoxy) is 1. The highest BCUT2D eigenvalue weighted by Gasteiger charge is 2.10. The van der Waals surface area contributed by atoms with Gasteiger partial charge in [0, 0.05) is 24.3 Å². The third-order valence-electron chi connectivity index (χ3n) is 2.50. The number of nitrogens with zero attached hydrogens (tertiary/aromatic N) is 2. The third-order valence-corrected chi connectivity index (χ3v) is 4.34. The number of anilines is 1. The molecule has 108 valence electrons. The van der Waals surface area contributed by atoms with Crippen LogP contribution in [0.4, 0.5) is 5.00 Å². The van der Waals surface area contributed by atoms with E-state index in [0.29, 0.717) is 11.4 Å². The van der Waals surface area contributed by atoms with Crippen LogP contribution in [0, 0.1) is 0 Å². The monoisotopic (exact) mass is 313 g/mol. The van der Waals surface area contributed by atoms with Gasteiger partial charge < -0.3 is 10.1 Å². The summed E-state index contributed by atoms with van der Waals surface area (Å²) in [6.45, 7) is 3.01. The molecule has 1 aromatic heterocycles. The maximum atomic E-state index is 11.5. The highest BCUT2D eigenvalue weighted by atomic mass is 32.2. The first-order valence-corrected chi connectivity index (χ1v) is 8.65. The summed E-state index contributed by atoms with van der Waals surface area (Å²) in [5.41, 5.74) is 0.710. The van der Waals surface area contributed by atoms with Crippen molar-refractivity contribution in [2.45, 2.75) is 18.4 Å². The third kappa shape index (κ3) is 3.67. The van der Waals surface area contributed by atoms with Crippen LogP contribution in [0.15, 0.2) is 29.2 Å². The molecule has 2 aromatic rings. The Morgan fingerprint density at radius 3 is 2.90 bits per heavy atom. The van der Waals surface area contributed by atoms with Crippen molar-refractivity contribution in [3.05, 3.63) is 30.0 Å². The molecular formula is C12H15N3O3S2. The minimum atomic E-state index is -3.23. The summed E-state index contributed by atoms with van der Waals surface area (Å²) in [6.07, 6.45) is 1.17. The standard InChI is InChI=1S/C12H15N3O3S2/c1-3-13-12-11(14-15-19-12)8-18-9-5-4-6-10(7-9)20(2,16)17/h4-7,13H,3,8H2,1-2H3. The van der Waals surface area contributed by atoms with Crippen LogP contribution in [0.5, 0.6) is 5.75 Å². The summed E-state index contributed by atoms with van der Waals surface area (Å²) < 4.78 is 32.4. The molecule has 0 atom stereocenters. The number of aromatic nitrogens is 2. The van der Waals surface area contributed by atoms with Crippen LogP contribution in [0.2, 0.25) is 0 Å². The molecule has 0 saturated heterocycles. The molecule has 0 saturated carbocycles. The van der Waals surface area contributed by atoms with Crippen molar-refractivity contribution in [1.82, 2.24) is 9.59 Å². The van der Waals surface area contributed by atoms with Crippen LogP contribution in [0.25, 0.3) is 0 Å². The zero-order valence-corrected chi connectivity index (χ0v) is 12.8. The Hall–Kier alpha value is -1.67. The summed E-state index contributed by atoms with van der Waals surface area (Å²) in [5, 5.41) is 8.00. The van der Waals surface area contributed by atoms with Gasteiger partial charge in [0.15, 0.2) is 9.84 Å². The van der Waals surface area contributed by atoms with Crippen molar-refractivity contribution >= 4 is 26.4 Å². The molecule has 1 N–H and O–H groups in total. The van der Waals surface area contributed by atoms with Gasteiger partial charge >= 0.3 is 0 Å². The van der Waals surface area contributed by atoms with Gasteiger partial charge in [0.05, 0.1) is 4.90 Å². The Morgan fingerprint density at radius 1 is 1.40 bits per heavy atom. The van der Waals surface area contributed by atoms with Gasteiger partial charge in [-0.05, 0) is 25.1 Å². The molecule has 0 aliphatic heterocycles. The van der Waals surface area contributed by atoms with Gasteiger partial charge in [-0.15, -0.1) is 5.10 Å². The zero-order valence-electron chi connectivity index (χ0n) is 11.2. The molecule has 1 heterocycles. The molecule has 20 heavy (non-hydrogen) atoms. The lowest BCUT2D eigenvalue weighted by Crippen LogP contribution is -2.03. The van der Waals surface area contributed by atoms with E-state index in [-0.39, 0.29) is 11.5 Å². The molecule has 0 spiro atoms. The smallest absolute Gasteiger partial charge is 0.175 e. The van der Waals surface area contributed by atoms with E-state index in [2.05, 4.69) is 14.9 Å². The Bertz CT molecular complexity index is 683. The van der Waals surface area contributed by atoms with E-state index in [1.165, 1.54) is 29.9 Å². The highest BCUT2D eigenvalue weighted by Crippen LogP contribution is 2.21. The van der Waals surface area contributed by atoms with Gasteiger partial charge in [-0.1, -0.05) is 10.6 Å². The van der Waals surface area contributed by atoms with Crippen LogP contribution < -0.4 is 10.1 Å². The molecule has 0 fully saturated rings. The molecule has 0 radical (unpaired) electrons. The molecule has 1 aromatic carbocycles. The second-order valence-corrected chi connectivity index (χ2v) is 6.88.